The fraction of sp³-hybridized carbons (Fsp3) is 0. The lowest BCUT2D eigenvalue weighted by molar-refractivity contribution is 0.427. The van der Waals surface area contributed by atoms with Crippen LogP contribution in [-0.4, -0.2) is 19.7 Å². The van der Waals surface area contributed by atoms with E-state index in [9.17, 15) is 0 Å². The molecule has 0 aliphatic heterocycles. The van der Waals surface area contributed by atoms with E-state index in [1.165, 1.54) is 6.20 Å². The van der Waals surface area contributed by atoms with Gasteiger partial charge in [-0.2, -0.15) is 4.79 Å². The summed E-state index contributed by atoms with van der Waals surface area (Å²) in [5.41, 5.74) is 5.30. The Hall–Kier alpha value is -1.86. The van der Waals surface area contributed by atoms with Gasteiger partial charge in [-0.25, -0.2) is 5.10 Å². The maximum atomic E-state index is 5.30. The van der Waals surface area contributed by atoms with Crippen LogP contribution in [-0.2, 0) is 0 Å². The van der Waals surface area contributed by atoms with Crippen LogP contribution in [0.25, 0.3) is 0 Å². The molecule has 0 radical (unpaired) electrons. The van der Waals surface area contributed by atoms with Crippen molar-refractivity contribution in [1.82, 2.24) is 19.7 Å². The van der Waals surface area contributed by atoms with E-state index in [2.05, 4.69) is 5.10 Å². The van der Waals surface area contributed by atoms with Crippen molar-refractivity contribution >= 4 is 5.82 Å². The zero-order chi connectivity index (χ0) is 7.72. The molecule has 0 bridgehead atoms. The molecule has 0 amide bonds. The highest BCUT2D eigenvalue weighted by Crippen LogP contribution is 1.85. The number of H-pyrrole nitrogens is 1. The minimum absolute atomic E-state index is 0.312. The molecule has 8 nitrogen and oxygen atoms in total. The van der Waals surface area contributed by atoms with E-state index in [0.29, 0.717) is 5.82 Å². The average molecular weight is 146 g/mol. The summed E-state index contributed by atoms with van der Waals surface area (Å²) in [4.78, 5) is 2.91. The number of aromatic amines is 1. The lowest BCUT2D eigenvalue weighted by Gasteiger charge is -2.12. The first-order valence-corrected chi connectivity index (χ1v) is 2.48. The number of nitrogens with one attached hydrogen (secondary N) is 1. The second-order valence-electron chi connectivity index (χ2n) is 1.74. The minimum Gasteiger partial charge on any atom is -0.383 e. The summed E-state index contributed by atoms with van der Waals surface area (Å²) < 4.78 is 0. The van der Waals surface area contributed by atoms with E-state index in [1.807, 2.05) is 0 Å². The molecule has 0 saturated heterocycles. The highest BCUT2D eigenvalue weighted by Gasteiger charge is 1.90. The first-order valence-electron chi connectivity index (χ1n) is 2.48. The molecule has 0 spiro atoms. The van der Waals surface area contributed by atoms with Crippen molar-refractivity contribution in [3.05, 3.63) is 6.20 Å². The zero-order valence-corrected chi connectivity index (χ0v) is 5.23. The van der Waals surface area contributed by atoms with E-state index in [-0.39, 0.29) is 0 Å². The van der Waals surface area contributed by atoms with E-state index in [0.717, 1.165) is 14.6 Å². The monoisotopic (exact) mass is 146 g/mol. The van der Waals surface area contributed by atoms with Crippen molar-refractivity contribution < 1.29 is 0 Å². The van der Waals surface area contributed by atoms with Crippen LogP contribution in [0.2, 0.25) is 0 Å². The normalized spacial score (nSPS) is 9.60. The third kappa shape index (κ3) is 0.811. The Bertz CT molecular complexity index is 230. The van der Waals surface area contributed by atoms with Crippen LogP contribution in [0.4, 0.5) is 5.82 Å². The van der Waals surface area contributed by atoms with Crippen molar-refractivity contribution in [1.29, 1.82) is 0 Å². The SMILES string of the molecule is Nc1cn(N)n(N)n(N)[nH]1. The van der Waals surface area contributed by atoms with Crippen LogP contribution in [0.3, 0.4) is 0 Å². The van der Waals surface area contributed by atoms with Crippen molar-refractivity contribution in [3.8, 4) is 0 Å². The Labute approximate surface area is 56.1 Å². The molecule has 0 atom stereocenters. The van der Waals surface area contributed by atoms with Gasteiger partial charge in [-0.3, -0.25) is 0 Å². The van der Waals surface area contributed by atoms with E-state index in [1.54, 1.807) is 0 Å². The van der Waals surface area contributed by atoms with Crippen LogP contribution >= 0.6 is 0 Å². The lowest BCUT2D eigenvalue weighted by atomic mass is 10.8. The summed E-state index contributed by atoms with van der Waals surface area (Å²) in [6.45, 7) is 0. The predicted molar refractivity (Wildman–Crippen MR) is 37.3 cm³/mol. The van der Waals surface area contributed by atoms with Crippen molar-refractivity contribution in [3.63, 3.8) is 0 Å². The van der Waals surface area contributed by atoms with Gasteiger partial charge in [-0.05, 0) is 0 Å². The fourth-order valence-electron chi connectivity index (χ4n) is 0.525. The standard InChI is InChI=1S/C2H10N8/c3-2-1-8(4)10(6)9(5)7-2/h1,7H,3-6H2. The van der Waals surface area contributed by atoms with E-state index in [4.69, 9.17) is 23.3 Å². The van der Waals surface area contributed by atoms with Gasteiger partial charge in [0.15, 0.2) is 0 Å². The molecule has 58 valence electrons. The van der Waals surface area contributed by atoms with Gasteiger partial charge in [0.2, 0.25) is 0 Å². The Morgan fingerprint density at radius 2 is 1.90 bits per heavy atom. The van der Waals surface area contributed by atoms with Gasteiger partial charge in [0.1, 0.15) is 5.82 Å². The molecule has 0 fully saturated rings. The topological polar surface area (TPSA) is 135 Å². The first-order chi connectivity index (χ1) is 4.61. The molecule has 0 aliphatic rings. The number of anilines is 1. The smallest absolute Gasteiger partial charge is 0.139 e. The van der Waals surface area contributed by atoms with Gasteiger partial charge in [-0.1, -0.05) is 9.81 Å². The summed E-state index contributed by atoms with van der Waals surface area (Å²) in [7, 11) is 0. The van der Waals surface area contributed by atoms with Gasteiger partial charge >= 0.3 is 0 Å². The predicted octanol–water partition coefficient (Wildman–Crippen LogP) is -2.73. The maximum absolute atomic E-state index is 5.30. The molecule has 9 N–H and O–H groups in total. The summed E-state index contributed by atoms with van der Waals surface area (Å²) in [6, 6.07) is 0. The van der Waals surface area contributed by atoms with Crippen molar-refractivity contribution in [2.75, 3.05) is 23.3 Å². The molecule has 1 aromatic rings. The van der Waals surface area contributed by atoms with Crippen LogP contribution in [0.15, 0.2) is 6.20 Å². The molecule has 0 saturated carbocycles. The summed E-state index contributed by atoms with van der Waals surface area (Å²) in [5, 5.41) is 2.49. The number of nitrogen functional groups attached to an aromatic ring is 4. The van der Waals surface area contributed by atoms with Crippen molar-refractivity contribution in [2.45, 2.75) is 0 Å². The molecule has 0 aliphatic carbocycles. The fourth-order valence-corrected chi connectivity index (χ4v) is 0.525. The molecule has 1 heterocycles. The zero-order valence-electron chi connectivity index (χ0n) is 5.23. The largest absolute Gasteiger partial charge is 0.383 e. The Morgan fingerprint density at radius 3 is 2.40 bits per heavy atom. The molecule has 0 unspecified atom stereocenters. The van der Waals surface area contributed by atoms with Crippen LogP contribution in [0.5, 0.6) is 0 Å². The number of rotatable bonds is 0. The quantitative estimate of drug-likeness (QED) is 0.254. The van der Waals surface area contributed by atoms with Crippen LogP contribution in [0, 0.1) is 0 Å². The Morgan fingerprint density at radius 1 is 1.30 bits per heavy atom. The average Bonchev–Trinajstić information content (AvgIpc) is 1.82. The number of aromatic nitrogens is 4. The van der Waals surface area contributed by atoms with E-state index < -0.39 is 0 Å². The highest BCUT2D eigenvalue weighted by atomic mass is 15.9. The third-order valence-corrected chi connectivity index (χ3v) is 0.972. The number of hydrogen-bond acceptors (Lipinski definition) is 4. The van der Waals surface area contributed by atoms with Crippen LogP contribution in [0.1, 0.15) is 0 Å². The number of nitrogens with zero attached hydrogens (tertiary/aromatic N) is 3. The van der Waals surface area contributed by atoms with Gasteiger partial charge < -0.3 is 23.3 Å². The number of nitrogens with two attached hydrogens (primary N) is 4. The van der Waals surface area contributed by atoms with Gasteiger partial charge in [-0.15, -0.1) is 0 Å². The molecule has 1 rings (SSSR count). The molecule has 1 aromatic heterocycles. The molecule has 10 heavy (non-hydrogen) atoms. The molecular weight excluding hydrogens is 136 g/mol. The third-order valence-electron chi connectivity index (χ3n) is 0.972. The maximum Gasteiger partial charge on any atom is 0.139 e. The second kappa shape index (κ2) is 1.83. The first kappa shape index (κ1) is 6.26. The summed E-state index contributed by atoms with van der Waals surface area (Å²) in [5.74, 6) is 16.1. The Kier molecular flexibility index (Phi) is 1.14. The lowest BCUT2D eigenvalue weighted by Crippen LogP contribution is -2.41. The van der Waals surface area contributed by atoms with Gasteiger partial charge in [0, 0.05) is 0 Å². The Balaban J connectivity index is 3.31. The van der Waals surface area contributed by atoms with Crippen molar-refractivity contribution in [2.24, 2.45) is 0 Å². The summed E-state index contributed by atoms with van der Waals surface area (Å²) in [6.07, 6.45) is 1.38. The minimum atomic E-state index is 0.312. The number of hydrogen-bond donors (Lipinski definition) is 5. The molecule has 0 aromatic carbocycles. The van der Waals surface area contributed by atoms with Gasteiger partial charge in [0.25, 0.3) is 0 Å². The highest BCUT2D eigenvalue weighted by molar-refractivity contribution is 5.19. The summed E-state index contributed by atoms with van der Waals surface area (Å²) >= 11 is 0. The molecule has 8 heteroatoms. The van der Waals surface area contributed by atoms with Crippen LogP contribution < -0.4 is 23.3 Å². The van der Waals surface area contributed by atoms with E-state index >= 15 is 0 Å². The molecular formula is C2H10N8. The second-order valence-corrected chi connectivity index (χ2v) is 1.74. The van der Waals surface area contributed by atoms with Gasteiger partial charge in [0.05, 0.1) is 6.20 Å².